The number of hydrogen-bond acceptors (Lipinski definition) is 4. The smallest absolute Gasteiger partial charge is 0.303 e. The lowest BCUT2D eigenvalue weighted by Gasteiger charge is -2.14. The van der Waals surface area contributed by atoms with Gasteiger partial charge in [-0.2, -0.15) is 0 Å². The molecule has 0 radical (unpaired) electrons. The van der Waals surface area contributed by atoms with Gasteiger partial charge in [0.15, 0.2) is 0 Å². The van der Waals surface area contributed by atoms with E-state index in [2.05, 4.69) is 0 Å². The van der Waals surface area contributed by atoms with Gasteiger partial charge in [0.1, 0.15) is 23.8 Å². The largest absolute Gasteiger partial charge is 0.481 e. The van der Waals surface area contributed by atoms with Crippen LogP contribution in [0.5, 0.6) is 0 Å². The number of halogens is 1. The summed E-state index contributed by atoms with van der Waals surface area (Å²) in [6.07, 6.45) is 4.45. The molecule has 0 aromatic carbocycles. The number of fused-ring (bicyclic) bond motifs is 1. The molecule has 26 heavy (non-hydrogen) atoms. The molecule has 5 nitrogen and oxygen atoms in total. The van der Waals surface area contributed by atoms with Crippen molar-refractivity contribution in [1.29, 1.82) is 0 Å². The fourth-order valence-electron chi connectivity index (χ4n) is 3.32. The Labute approximate surface area is 153 Å². The second-order valence-corrected chi connectivity index (χ2v) is 7.02. The highest BCUT2D eigenvalue weighted by Gasteiger charge is 2.33. The molecule has 0 amide bonds. The zero-order valence-corrected chi connectivity index (χ0v) is 15.2. The Kier molecular flexibility index (Phi) is 7.85. The number of furan rings is 1. The summed E-state index contributed by atoms with van der Waals surface area (Å²) in [5, 5.41) is 28.8. The summed E-state index contributed by atoms with van der Waals surface area (Å²) in [5.41, 5.74) is 0.873. The van der Waals surface area contributed by atoms with Crippen molar-refractivity contribution >= 4 is 5.97 Å². The molecule has 6 heteroatoms. The van der Waals surface area contributed by atoms with Crippen LogP contribution < -0.4 is 0 Å². The molecule has 1 aromatic rings. The van der Waals surface area contributed by atoms with Gasteiger partial charge in [0.05, 0.1) is 6.10 Å². The lowest BCUT2D eigenvalue weighted by atomic mass is 9.98. The summed E-state index contributed by atoms with van der Waals surface area (Å²) in [6.45, 7) is 1.98. The highest BCUT2D eigenvalue weighted by Crippen LogP contribution is 2.37. The lowest BCUT2D eigenvalue weighted by Crippen LogP contribution is -2.20. The molecule has 0 saturated heterocycles. The van der Waals surface area contributed by atoms with Crippen molar-refractivity contribution in [3.8, 4) is 0 Å². The summed E-state index contributed by atoms with van der Waals surface area (Å²) in [5.74, 6) is 0.383. The van der Waals surface area contributed by atoms with Gasteiger partial charge in [-0.1, -0.05) is 31.9 Å². The number of hydrogen-bond donors (Lipinski definition) is 3. The first-order valence-electron chi connectivity index (χ1n) is 9.44. The van der Waals surface area contributed by atoms with Gasteiger partial charge in [-0.05, 0) is 25.3 Å². The van der Waals surface area contributed by atoms with E-state index < -0.39 is 24.3 Å². The van der Waals surface area contributed by atoms with Crippen LogP contribution in [0.1, 0.15) is 68.5 Å². The van der Waals surface area contributed by atoms with Crippen LogP contribution in [-0.4, -0.2) is 39.7 Å². The van der Waals surface area contributed by atoms with E-state index in [1.807, 2.05) is 13.0 Å². The first-order valence-corrected chi connectivity index (χ1v) is 9.44. The molecule has 0 fully saturated rings. The quantitative estimate of drug-likeness (QED) is 0.411. The summed E-state index contributed by atoms with van der Waals surface area (Å²) in [7, 11) is 0. The lowest BCUT2D eigenvalue weighted by molar-refractivity contribution is -0.137. The SMILES string of the molecule is CCCC[C@H](F)[C@@H](O)C=C[C@@H]1c2cc(CCCCC(=O)O)oc2C[C@H]1O. The Morgan fingerprint density at radius 1 is 1.42 bits per heavy atom. The van der Waals surface area contributed by atoms with E-state index in [9.17, 15) is 19.4 Å². The molecule has 1 aliphatic rings. The third kappa shape index (κ3) is 5.68. The Balaban J connectivity index is 1.93. The predicted molar refractivity (Wildman–Crippen MR) is 95.9 cm³/mol. The van der Waals surface area contributed by atoms with Crippen molar-refractivity contribution in [3.63, 3.8) is 0 Å². The van der Waals surface area contributed by atoms with Gasteiger partial charge < -0.3 is 19.7 Å². The molecule has 0 aliphatic heterocycles. The van der Waals surface area contributed by atoms with Crippen molar-refractivity contribution in [2.24, 2.45) is 0 Å². The number of aliphatic hydroxyl groups excluding tert-OH is 2. The number of unbranched alkanes of at least 4 members (excludes halogenated alkanes) is 2. The van der Waals surface area contributed by atoms with Crippen molar-refractivity contribution in [1.82, 2.24) is 0 Å². The Bertz CT molecular complexity index is 609. The molecule has 0 saturated carbocycles. The van der Waals surface area contributed by atoms with E-state index in [0.29, 0.717) is 25.7 Å². The number of aliphatic hydroxyl groups is 2. The average molecular weight is 368 g/mol. The third-order valence-corrected chi connectivity index (χ3v) is 4.84. The van der Waals surface area contributed by atoms with Crippen LogP contribution in [0.4, 0.5) is 4.39 Å². The van der Waals surface area contributed by atoms with Gasteiger partial charge in [0, 0.05) is 30.7 Å². The fraction of sp³-hybridized carbons (Fsp3) is 0.650. The van der Waals surface area contributed by atoms with E-state index >= 15 is 0 Å². The van der Waals surface area contributed by atoms with Crippen LogP contribution in [0.15, 0.2) is 22.6 Å². The minimum absolute atomic E-state index is 0.144. The molecule has 0 unspecified atom stereocenters. The van der Waals surface area contributed by atoms with Crippen molar-refractivity contribution in [3.05, 3.63) is 35.3 Å². The second-order valence-electron chi connectivity index (χ2n) is 7.02. The van der Waals surface area contributed by atoms with Crippen molar-refractivity contribution in [2.45, 2.75) is 82.6 Å². The van der Waals surface area contributed by atoms with Crippen LogP contribution in [0.2, 0.25) is 0 Å². The first-order chi connectivity index (χ1) is 12.4. The number of rotatable bonds is 11. The average Bonchev–Trinajstić information content (AvgIpc) is 3.10. The standard InChI is InChI=1S/C20H29FO5/c1-2-3-7-16(21)17(22)10-9-14-15-11-13(6-4-5-8-20(24)25)26-19(15)12-18(14)23/h9-11,14,16-18,22-23H,2-8,12H2,1H3,(H,24,25)/t14-,16+,17+,18-/m1/s1. The molecular weight excluding hydrogens is 339 g/mol. The molecule has 146 valence electrons. The van der Waals surface area contributed by atoms with Crippen molar-refractivity contribution in [2.75, 3.05) is 0 Å². The molecule has 3 N–H and O–H groups in total. The summed E-state index contributed by atoms with van der Waals surface area (Å²) in [4.78, 5) is 10.5. The normalized spacial score (nSPS) is 21.8. The van der Waals surface area contributed by atoms with Crippen LogP contribution in [0.3, 0.4) is 0 Å². The van der Waals surface area contributed by atoms with E-state index in [4.69, 9.17) is 9.52 Å². The number of alkyl halides is 1. The molecule has 4 atom stereocenters. The van der Waals surface area contributed by atoms with Gasteiger partial charge in [0.2, 0.25) is 0 Å². The van der Waals surface area contributed by atoms with Crippen LogP contribution in [0.25, 0.3) is 0 Å². The minimum atomic E-state index is -1.29. The number of carboxylic acids is 1. The Hall–Kier alpha value is -1.66. The minimum Gasteiger partial charge on any atom is -0.481 e. The number of aliphatic carboxylic acids is 1. The summed E-state index contributed by atoms with van der Waals surface area (Å²) >= 11 is 0. The van der Waals surface area contributed by atoms with Gasteiger partial charge in [-0.15, -0.1) is 0 Å². The van der Waals surface area contributed by atoms with E-state index in [1.54, 1.807) is 6.08 Å². The second kappa shape index (κ2) is 9.88. The zero-order valence-electron chi connectivity index (χ0n) is 15.2. The summed E-state index contributed by atoms with van der Waals surface area (Å²) in [6, 6.07) is 1.89. The third-order valence-electron chi connectivity index (χ3n) is 4.84. The van der Waals surface area contributed by atoms with E-state index in [0.717, 1.165) is 36.3 Å². The monoisotopic (exact) mass is 368 g/mol. The van der Waals surface area contributed by atoms with Crippen LogP contribution >= 0.6 is 0 Å². The topological polar surface area (TPSA) is 90.9 Å². The molecule has 0 spiro atoms. The molecule has 1 aliphatic carbocycles. The molecule has 2 rings (SSSR count). The maximum Gasteiger partial charge on any atom is 0.303 e. The van der Waals surface area contributed by atoms with Gasteiger partial charge in [0.25, 0.3) is 0 Å². The first kappa shape index (κ1) is 20.6. The van der Waals surface area contributed by atoms with E-state index in [-0.39, 0.29) is 12.3 Å². The van der Waals surface area contributed by atoms with Crippen LogP contribution in [0, 0.1) is 0 Å². The predicted octanol–water partition coefficient (Wildman–Crippen LogP) is 3.52. The maximum absolute atomic E-state index is 13.9. The number of aryl methyl sites for hydroxylation is 1. The molecule has 1 aromatic heterocycles. The zero-order chi connectivity index (χ0) is 19.1. The molecule has 1 heterocycles. The summed E-state index contributed by atoms with van der Waals surface area (Å²) < 4.78 is 19.6. The van der Waals surface area contributed by atoms with E-state index in [1.165, 1.54) is 6.08 Å². The Morgan fingerprint density at radius 3 is 2.88 bits per heavy atom. The molecular formula is C20H29FO5. The highest BCUT2D eigenvalue weighted by atomic mass is 19.1. The van der Waals surface area contributed by atoms with Crippen molar-refractivity contribution < 1.29 is 28.9 Å². The number of carbonyl (C=O) groups is 1. The van der Waals surface area contributed by atoms with Gasteiger partial charge in [-0.25, -0.2) is 4.39 Å². The fourth-order valence-corrected chi connectivity index (χ4v) is 3.32. The Morgan fingerprint density at radius 2 is 2.19 bits per heavy atom. The molecule has 0 bridgehead atoms. The number of carboxylic acid groups (broad SMARTS) is 1. The van der Waals surface area contributed by atoms with Crippen LogP contribution in [-0.2, 0) is 17.6 Å². The van der Waals surface area contributed by atoms with Gasteiger partial charge in [-0.3, -0.25) is 4.79 Å². The maximum atomic E-state index is 13.9. The highest BCUT2D eigenvalue weighted by molar-refractivity contribution is 5.66. The van der Waals surface area contributed by atoms with Gasteiger partial charge >= 0.3 is 5.97 Å².